The van der Waals surface area contributed by atoms with Crippen molar-refractivity contribution in [1.82, 2.24) is 10.3 Å². The van der Waals surface area contributed by atoms with E-state index in [1.165, 1.54) is 18.4 Å². The maximum Gasteiger partial charge on any atom is 0.255 e. The molecule has 0 radical (unpaired) electrons. The summed E-state index contributed by atoms with van der Waals surface area (Å²) in [6.07, 6.45) is 5.72. The second-order valence-electron chi connectivity index (χ2n) is 7.82. The van der Waals surface area contributed by atoms with Gasteiger partial charge in [-0.15, -0.1) is 0 Å². The number of ether oxygens (including phenoxy) is 1. The minimum absolute atomic E-state index is 0.0905. The van der Waals surface area contributed by atoms with Crippen molar-refractivity contribution in [1.29, 1.82) is 0 Å². The highest BCUT2D eigenvalue weighted by Gasteiger charge is 2.23. The number of rotatable bonds is 8. The van der Waals surface area contributed by atoms with Gasteiger partial charge >= 0.3 is 0 Å². The number of aryl methyl sites for hydroxylation is 1. The summed E-state index contributed by atoms with van der Waals surface area (Å²) in [5, 5.41) is 12.7. The molecular formula is C25H26N2O3. The molecule has 0 spiro atoms. The molecule has 5 heteroatoms. The molecule has 0 saturated heterocycles. The molecule has 1 aliphatic carbocycles. The lowest BCUT2D eigenvalue weighted by atomic mass is 9.99. The Morgan fingerprint density at radius 2 is 1.97 bits per heavy atom. The standard InChI is InChI=1S/C25H26N2O3/c1-17-2-4-18(5-3-17)13-27-25(29)22-12-20(23-14-26-11-10-21(23)15-28)8-9-24(22)30-16-19-6-7-19/h2-5,8-12,14,19,28H,6-7,13,15-16H2,1H3,(H,27,29). The molecule has 1 aromatic heterocycles. The molecule has 0 bridgehead atoms. The van der Waals surface area contributed by atoms with Crippen LogP contribution in [0.1, 0.15) is 39.9 Å². The predicted octanol–water partition coefficient (Wildman–Crippen LogP) is 4.27. The van der Waals surface area contributed by atoms with Crippen LogP contribution in [0.3, 0.4) is 0 Å². The smallest absolute Gasteiger partial charge is 0.255 e. The van der Waals surface area contributed by atoms with Crippen LogP contribution < -0.4 is 10.1 Å². The van der Waals surface area contributed by atoms with Gasteiger partial charge < -0.3 is 15.2 Å². The first-order valence-electron chi connectivity index (χ1n) is 10.3. The van der Waals surface area contributed by atoms with Crippen LogP contribution in [0.25, 0.3) is 11.1 Å². The maximum absolute atomic E-state index is 13.0. The summed E-state index contributed by atoms with van der Waals surface area (Å²) >= 11 is 0. The highest BCUT2D eigenvalue weighted by atomic mass is 16.5. The molecule has 1 aliphatic rings. The van der Waals surface area contributed by atoms with E-state index in [1.807, 2.05) is 49.4 Å². The largest absolute Gasteiger partial charge is 0.492 e. The normalized spacial score (nSPS) is 13.1. The zero-order valence-corrected chi connectivity index (χ0v) is 17.1. The van der Waals surface area contributed by atoms with Gasteiger partial charge in [-0.2, -0.15) is 0 Å². The number of hydrogen-bond donors (Lipinski definition) is 2. The van der Waals surface area contributed by atoms with Gasteiger partial charge in [-0.05, 0) is 60.6 Å². The van der Waals surface area contributed by atoms with E-state index in [0.29, 0.717) is 30.4 Å². The quantitative estimate of drug-likeness (QED) is 0.590. The van der Waals surface area contributed by atoms with Crippen molar-refractivity contribution in [2.75, 3.05) is 6.61 Å². The number of aromatic nitrogens is 1. The van der Waals surface area contributed by atoms with E-state index >= 15 is 0 Å². The number of aliphatic hydroxyl groups excluding tert-OH is 1. The fourth-order valence-corrected chi connectivity index (χ4v) is 3.30. The summed E-state index contributed by atoms with van der Waals surface area (Å²) < 4.78 is 5.97. The molecule has 0 aliphatic heterocycles. The molecule has 3 aromatic rings. The molecule has 5 nitrogen and oxygen atoms in total. The van der Waals surface area contributed by atoms with Gasteiger partial charge in [0, 0.05) is 24.5 Å². The van der Waals surface area contributed by atoms with Gasteiger partial charge in [0.15, 0.2) is 0 Å². The number of carbonyl (C=O) groups excluding carboxylic acids is 1. The molecule has 0 atom stereocenters. The molecule has 1 saturated carbocycles. The number of aliphatic hydroxyl groups is 1. The Morgan fingerprint density at radius 3 is 2.70 bits per heavy atom. The second-order valence-corrected chi connectivity index (χ2v) is 7.82. The van der Waals surface area contributed by atoms with E-state index in [-0.39, 0.29) is 12.5 Å². The van der Waals surface area contributed by atoms with Gasteiger partial charge in [-0.3, -0.25) is 9.78 Å². The van der Waals surface area contributed by atoms with Crippen molar-refractivity contribution in [3.63, 3.8) is 0 Å². The Labute approximate surface area is 176 Å². The lowest BCUT2D eigenvalue weighted by Gasteiger charge is -2.14. The second kappa shape index (κ2) is 9.09. The van der Waals surface area contributed by atoms with E-state index in [0.717, 1.165) is 22.3 Å². The molecule has 2 aromatic carbocycles. The average Bonchev–Trinajstić information content (AvgIpc) is 3.61. The van der Waals surface area contributed by atoms with Crippen molar-refractivity contribution in [3.8, 4) is 16.9 Å². The summed E-state index contributed by atoms with van der Waals surface area (Å²) in [7, 11) is 0. The molecule has 1 fully saturated rings. The van der Waals surface area contributed by atoms with Crippen molar-refractivity contribution in [2.24, 2.45) is 5.92 Å². The first kappa shape index (κ1) is 20.1. The van der Waals surface area contributed by atoms with Crippen LogP contribution in [0.2, 0.25) is 0 Å². The van der Waals surface area contributed by atoms with Gasteiger partial charge in [0.1, 0.15) is 5.75 Å². The summed E-state index contributed by atoms with van der Waals surface area (Å²) in [6.45, 7) is 3.02. The van der Waals surface area contributed by atoms with Crippen molar-refractivity contribution in [2.45, 2.75) is 32.9 Å². The van der Waals surface area contributed by atoms with Gasteiger partial charge in [0.25, 0.3) is 5.91 Å². The Bertz CT molecular complexity index is 1030. The van der Waals surface area contributed by atoms with Gasteiger partial charge in [-0.25, -0.2) is 0 Å². The summed E-state index contributed by atoms with van der Waals surface area (Å²) in [5.74, 6) is 0.992. The van der Waals surface area contributed by atoms with Crippen LogP contribution in [-0.4, -0.2) is 22.6 Å². The third kappa shape index (κ3) is 4.86. The van der Waals surface area contributed by atoms with Gasteiger partial charge in [-0.1, -0.05) is 35.9 Å². The fourth-order valence-electron chi connectivity index (χ4n) is 3.30. The van der Waals surface area contributed by atoms with Gasteiger partial charge in [0.2, 0.25) is 0 Å². The minimum atomic E-state index is -0.183. The number of hydrogen-bond acceptors (Lipinski definition) is 4. The predicted molar refractivity (Wildman–Crippen MR) is 116 cm³/mol. The first-order valence-corrected chi connectivity index (χ1v) is 10.3. The van der Waals surface area contributed by atoms with Crippen LogP contribution in [0.4, 0.5) is 0 Å². The molecular weight excluding hydrogens is 376 g/mol. The number of nitrogens with zero attached hydrogens (tertiary/aromatic N) is 1. The molecule has 1 heterocycles. The highest BCUT2D eigenvalue weighted by Crippen LogP contribution is 2.32. The van der Waals surface area contributed by atoms with E-state index in [9.17, 15) is 9.90 Å². The average molecular weight is 402 g/mol. The monoisotopic (exact) mass is 402 g/mol. The lowest BCUT2D eigenvalue weighted by Crippen LogP contribution is -2.23. The number of benzene rings is 2. The topological polar surface area (TPSA) is 71.5 Å². The summed E-state index contributed by atoms with van der Waals surface area (Å²) in [4.78, 5) is 17.2. The molecule has 0 unspecified atom stereocenters. The Hall–Kier alpha value is -3.18. The lowest BCUT2D eigenvalue weighted by molar-refractivity contribution is 0.0946. The first-order chi connectivity index (χ1) is 14.6. The van der Waals surface area contributed by atoms with Crippen LogP contribution in [0.5, 0.6) is 5.75 Å². The van der Waals surface area contributed by atoms with Crippen molar-refractivity contribution < 1.29 is 14.6 Å². The molecule has 30 heavy (non-hydrogen) atoms. The summed E-state index contributed by atoms with van der Waals surface area (Å²) in [6, 6.07) is 15.4. The number of nitrogens with one attached hydrogen (secondary N) is 1. The zero-order chi connectivity index (χ0) is 20.9. The zero-order valence-electron chi connectivity index (χ0n) is 17.1. The Morgan fingerprint density at radius 1 is 1.17 bits per heavy atom. The third-order valence-corrected chi connectivity index (χ3v) is 5.36. The molecule has 4 rings (SSSR count). The van der Waals surface area contributed by atoms with E-state index in [4.69, 9.17) is 4.74 Å². The number of amides is 1. The van der Waals surface area contributed by atoms with Crippen LogP contribution >= 0.6 is 0 Å². The molecule has 1 amide bonds. The maximum atomic E-state index is 13.0. The third-order valence-electron chi connectivity index (χ3n) is 5.36. The number of pyridine rings is 1. The molecule has 154 valence electrons. The van der Waals surface area contributed by atoms with Crippen LogP contribution in [0, 0.1) is 12.8 Å². The Kier molecular flexibility index (Phi) is 6.10. The molecule has 2 N–H and O–H groups in total. The van der Waals surface area contributed by atoms with Gasteiger partial charge in [0.05, 0.1) is 18.8 Å². The Balaban J connectivity index is 1.59. The van der Waals surface area contributed by atoms with Crippen LogP contribution in [-0.2, 0) is 13.2 Å². The SMILES string of the molecule is Cc1ccc(CNC(=O)c2cc(-c3cnccc3CO)ccc2OCC2CC2)cc1. The van der Waals surface area contributed by atoms with E-state index in [2.05, 4.69) is 10.3 Å². The van der Waals surface area contributed by atoms with E-state index in [1.54, 1.807) is 18.5 Å². The number of carbonyl (C=O) groups is 1. The minimum Gasteiger partial charge on any atom is -0.492 e. The highest BCUT2D eigenvalue weighted by molar-refractivity contribution is 5.98. The van der Waals surface area contributed by atoms with Crippen molar-refractivity contribution in [3.05, 3.63) is 83.2 Å². The van der Waals surface area contributed by atoms with E-state index < -0.39 is 0 Å². The van der Waals surface area contributed by atoms with Crippen molar-refractivity contribution >= 4 is 5.91 Å². The van der Waals surface area contributed by atoms with Crippen LogP contribution in [0.15, 0.2) is 60.9 Å². The fraction of sp³-hybridized carbons (Fsp3) is 0.280. The summed E-state index contributed by atoms with van der Waals surface area (Å²) in [5.41, 5.74) is 5.12.